The van der Waals surface area contributed by atoms with Crippen molar-refractivity contribution in [2.75, 3.05) is 11.8 Å². The summed E-state index contributed by atoms with van der Waals surface area (Å²) in [6.45, 7) is 6.30. The number of carbonyl (C=O) groups is 2. The minimum absolute atomic E-state index is 0.0783. The molecule has 11 heteroatoms. The number of sulfonamides is 1. The van der Waals surface area contributed by atoms with Gasteiger partial charge in [-0.25, -0.2) is 8.42 Å². The molecule has 1 aromatic heterocycles. The largest absolute Gasteiger partial charge is 0.359 e. The fourth-order valence-electron chi connectivity index (χ4n) is 7.60. The fraction of sp³-hybridized carbons (Fsp3) is 0.526. The lowest BCUT2D eigenvalue weighted by Crippen LogP contribution is -2.40. The lowest BCUT2D eigenvalue weighted by atomic mass is 9.95. The zero-order valence-electron chi connectivity index (χ0n) is 29.3. The van der Waals surface area contributed by atoms with E-state index in [1.807, 2.05) is 36.2 Å². The number of benzene rings is 2. The summed E-state index contributed by atoms with van der Waals surface area (Å²) in [6.07, 6.45) is 11.4. The first kappa shape index (κ1) is 34.9. The molecule has 2 heterocycles. The normalized spacial score (nSPS) is 17.7. The van der Waals surface area contributed by atoms with Crippen LogP contribution in [0.15, 0.2) is 56.9 Å². The summed E-state index contributed by atoms with van der Waals surface area (Å²) in [5.74, 6) is 2.12. The van der Waals surface area contributed by atoms with E-state index < -0.39 is 15.6 Å². The Morgan fingerprint density at radius 3 is 2.49 bits per heavy atom. The van der Waals surface area contributed by atoms with Gasteiger partial charge < -0.3 is 9.42 Å². The monoisotopic (exact) mass is 687 g/mol. The summed E-state index contributed by atoms with van der Waals surface area (Å²) in [6, 6.07) is 12.8. The van der Waals surface area contributed by atoms with Crippen LogP contribution in [0.1, 0.15) is 106 Å². The molecule has 2 saturated carbocycles. The van der Waals surface area contributed by atoms with Gasteiger partial charge in [0, 0.05) is 37.6 Å². The molecule has 0 radical (unpaired) electrons. The van der Waals surface area contributed by atoms with Crippen LogP contribution in [0.25, 0.3) is 11.1 Å². The van der Waals surface area contributed by atoms with Gasteiger partial charge in [0.15, 0.2) is 5.82 Å². The van der Waals surface area contributed by atoms with E-state index in [2.05, 4.69) is 16.8 Å². The summed E-state index contributed by atoms with van der Waals surface area (Å²) in [5.41, 5.74) is 2.93. The molecule has 3 aliphatic rings. The van der Waals surface area contributed by atoms with Gasteiger partial charge in [0.2, 0.25) is 5.91 Å². The van der Waals surface area contributed by atoms with Crippen molar-refractivity contribution in [3.8, 4) is 11.1 Å². The van der Waals surface area contributed by atoms with Crippen LogP contribution in [0.4, 0.5) is 5.82 Å². The molecule has 1 spiro atoms. The molecule has 49 heavy (non-hydrogen) atoms. The number of aromatic nitrogens is 1. The van der Waals surface area contributed by atoms with Crippen LogP contribution < -0.4 is 4.72 Å². The Bertz CT molecular complexity index is 1840. The number of nitrogens with one attached hydrogen (secondary N) is 1. The average molecular weight is 688 g/mol. The molecule has 2 aliphatic carbocycles. The van der Waals surface area contributed by atoms with E-state index in [9.17, 15) is 18.0 Å². The maximum Gasteiger partial charge on any atom is 0.263 e. The zero-order valence-corrected chi connectivity index (χ0v) is 30.1. The molecule has 0 bridgehead atoms. The molecule has 3 aromatic rings. The maximum absolute atomic E-state index is 13.9. The van der Waals surface area contributed by atoms with E-state index in [1.54, 1.807) is 36.9 Å². The van der Waals surface area contributed by atoms with Crippen LogP contribution in [-0.4, -0.2) is 53.6 Å². The van der Waals surface area contributed by atoms with E-state index in [-0.39, 0.29) is 22.5 Å². The molecule has 0 atom stereocenters. The third kappa shape index (κ3) is 7.32. The van der Waals surface area contributed by atoms with Crippen molar-refractivity contribution in [2.24, 2.45) is 10.9 Å². The standard InChI is InChI=1S/C38H49N5O5S/c1-5-6-17-34-39-38(20-11-12-21-38)37(45)43(34)24-29-18-19-31(30(22-29)25-42(4)35(44)23-28-13-7-8-14-28)32-15-9-10-16-33(32)49(46,47)41-36-26(2)27(3)48-40-36/h9-10,15-16,18-19,22,28H,5-8,11-14,17,20-21,23-25H2,1-4H3,(H,40,41). The van der Waals surface area contributed by atoms with Gasteiger partial charge in [-0.1, -0.05) is 80.6 Å². The second-order valence-electron chi connectivity index (χ2n) is 14.2. The molecule has 2 fully saturated rings. The van der Waals surface area contributed by atoms with Gasteiger partial charge in [-0.05, 0) is 74.6 Å². The first-order chi connectivity index (χ1) is 23.5. The number of aliphatic imine (C=N–C) groups is 1. The third-order valence-electron chi connectivity index (χ3n) is 10.6. The quantitative estimate of drug-likeness (QED) is 0.198. The Labute approximate surface area is 290 Å². The number of carbonyl (C=O) groups excluding carboxylic acids is 2. The Kier molecular flexibility index (Phi) is 10.3. The number of unbranched alkanes of at least 4 members (excludes halogenated alkanes) is 1. The number of amidine groups is 1. The SMILES string of the molecule is CCCCC1=NC2(CCCC2)C(=O)N1Cc1ccc(-c2ccccc2S(=O)(=O)Nc2noc(C)c2C)c(CN(C)C(=O)CC2CCCC2)c1. The highest BCUT2D eigenvalue weighted by Crippen LogP contribution is 2.41. The summed E-state index contributed by atoms with van der Waals surface area (Å²) >= 11 is 0. The highest BCUT2D eigenvalue weighted by molar-refractivity contribution is 7.92. The summed E-state index contributed by atoms with van der Waals surface area (Å²) in [4.78, 5) is 36.1. The minimum atomic E-state index is -4.07. The molecular formula is C38H49N5O5S. The Balaban J connectivity index is 1.36. The van der Waals surface area contributed by atoms with Gasteiger partial charge in [-0.2, -0.15) is 0 Å². The molecule has 0 unspecified atom stereocenters. The fourth-order valence-corrected chi connectivity index (χ4v) is 8.88. The van der Waals surface area contributed by atoms with Crippen molar-refractivity contribution in [1.29, 1.82) is 0 Å². The number of anilines is 1. The molecule has 2 amide bonds. The van der Waals surface area contributed by atoms with Gasteiger partial charge in [0.1, 0.15) is 17.1 Å². The van der Waals surface area contributed by atoms with E-state index >= 15 is 0 Å². The molecular weight excluding hydrogens is 639 g/mol. The van der Waals surface area contributed by atoms with Gasteiger partial charge in [0.05, 0.1) is 11.4 Å². The molecule has 2 aromatic carbocycles. The minimum Gasteiger partial charge on any atom is -0.359 e. The van der Waals surface area contributed by atoms with Crippen LogP contribution in [0.2, 0.25) is 0 Å². The van der Waals surface area contributed by atoms with Gasteiger partial charge in [-0.3, -0.25) is 24.2 Å². The van der Waals surface area contributed by atoms with Gasteiger partial charge in [-0.15, -0.1) is 0 Å². The first-order valence-corrected chi connectivity index (χ1v) is 19.3. The average Bonchev–Trinajstić information content (AvgIpc) is 3.89. The van der Waals surface area contributed by atoms with Crippen molar-refractivity contribution in [3.05, 3.63) is 64.9 Å². The first-order valence-electron chi connectivity index (χ1n) is 17.8. The number of hydrogen-bond donors (Lipinski definition) is 1. The molecule has 10 nitrogen and oxygen atoms in total. The van der Waals surface area contributed by atoms with Crippen molar-refractivity contribution in [3.63, 3.8) is 0 Å². The van der Waals surface area contributed by atoms with Crippen LogP contribution in [0.5, 0.6) is 0 Å². The number of nitrogens with zero attached hydrogens (tertiary/aromatic N) is 4. The Morgan fingerprint density at radius 2 is 1.80 bits per heavy atom. The van der Waals surface area contributed by atoms with Gasteiger partial charge >= 0.3 is 0 Å². The lowest BCUT2D eigenvalue weighted by molar-refractivity contribution is -0.132. The van der Waals surface area contributed by atoms with Crippen molar-refractivity contribution in [2.45, 2.75) is 121 Å². The molecule has 262 valence electrons. The Morgan fingerprint density at radius 1 is 1.06 bits per heavy atom. The topological polar surface area (TPSA) is 125 Å². The summed E-state index contributed by atoms with van der Waals surface area (Å²) < 4.78 is 35.5. The van der Waals surface area contributed by atoms with Crippen LogP contribution in [-0.2, 0) is 32.7 Å². The van der Waals surface area contributed by atoms with E-state index in [1.165, 1.54) is 12.8 Å². The predicted octanol–water partition coefficient (Wildman–Crippen LogP) is 7.54. The number of aryl methyl sites for hydroxylation is 1. The molecule has 0 saturated heterocycles. The van der Waals surface area contributed by atoms with Crippen LogP contribution in [0.3, 0.4) is 0 Å². The van der Waals surface area contributed by atoms with Crippen LogP contribution >= 0.6 is 0 Å². The molecule has 1 N–H and O–H groups in total. The number of amides is 2. The van der Waals surface area contributed by atoms with E-state index in [0.29, 0.717) is 47.9 Å². The molecule has 1 aliphatic heterocycles. The number of hydrogen-bond acceptors (Lipinski definition) is 7. The summed E-state index contributed by atoms with van der Waals surface area (Å²) in [7, 11) is -2.25. The van der Waals surface area contributed by atoms with Crippen molar-refractivity contribution in [1.82, 2.24) is 15.0 Å². The predicted molar refractivity (Wildman–Crippen MR) is 190 cm³/mol. The molecule has 6 rings (SSSR count). The highest BCUT2D eigenvalue weighted by Gasteiger charge is 2.49. The van der Waals surface area contributed by atoms with Crippen LogP contribution in [0, 0.1) is 19.8 Å². The van der Waals surface area contributed by atoms with Crippen molar-refractivity contribution < 1.29 is 22.5 Å². The highest BCUT2D eigenvalue weighted by atomic mass is 32.2. The maximum atomic E-state index is 13.9. The Hall–Kier alpha value is -3.99. The smallest absolute Gasteiger partial charge is 0.263 e. The number of rotatable bonds is 13. The van der Waals surface area contributed by atoms with Gasteiger partial charge in [0.25, 0.3) is 15.9 Å². The van der Waals surface area contributed by atoms with E-state index in [0.717, 1.165) is 74.7 Å². The third-order valence-corrected chi connectivity index (χ3v) is 12.0. The zero-order chi connectivity index (χ0) is 34.8. The lowest BCUT2D eigenvalue weighted by Gasteiger charge is -2.25. The second kappa shape index (κ2) is 14.5. The second-order valence-corrected chi connectivity index (χ2v) is 15.8. The summed E-state index contributed by atoms with van der Waals surface area (Å²) in [5, 5.41) is 3.91. The van der Waals surface area contributed by atoms with Crippen molar-refractivity contribution >= 4 is 33.5 Å². The van der Waals surface area contributed by atoms with E-state index in [4.69, 9.17) is 9.52 Å².